The molecule has 1 atom stereocenters. The lowest BCUT2D eigenvalue weighted by molar-refractivity contribution is -0.127. The summed E-state index contributed by atoms with van der Waals surface area (Å²) in [6.07, 6.45) is 0.526. The monoisotopic (exact) mass is 436 g/mol. The summed E-state index contributed by atoms with van der Waals surface area (Å²) < 4.78 is 1.23. The van der Waals surface area contributed by atoms with Crippen molar-refractivity contribution >= 4 is 33.2 Å². The number of aromatic nitrogens is 1. The lowest BCUT2D eigenvalue weighted by Gasteiger charge is -2.34. The topological polar surface area (TPSA) is 65.5 Å². The highest BCUT2D eigenvalue weighted by molar-refractivity contribution is 7.18. The van der Waals surface area contributed by atoms with Crippen LogP contribution in [0.4, 0.5) is 0 Å². The fourth-order valence-electron chi connectivity index (χ4n) is 3.87. The predicted octanol–water partition coefficient (Wildman–Crippen LogP) is 2.73. The molecular formula is C24H28N4O2S. The first-order valence-corrected chi connectivity index (χ1v) is 11.5. The van der Waals surface area contributed by atoms with Crippen LogP contribution < -0.4 is 5.32 Å². The molecule has 4 rings (SSSR count). The molecule has 1 aromatic heterocycles. The van der Waals surface area contributed by atoms with Gasteiger partial charge in [-0.15, -0.1) is 11.3 Å². The first-order chi connectivity index (χ1) is 15.1. The molecule has 162 valence electrons. The van der Waals surface area contributed by atoms with Gasteiger partial charge in [0, 0.05) is 26.2 Å². The van der Waals surface area contributed by atoms with Gasteiger partial charge in [-0.1, -0.05) is 42.5 Å². The molecule has 0 aliphatic carbocycles. The van der Waals surface area contributed by atoms with Crippen molar-refractivity contribution in [3.8, 4) is 0 Å². The second kappa shape index (κ2) is 10.1. The Balaban J connectivity index is 1.24. The van der Waals surface area contributed by atoms with Crippen LogP contribution in [0.3, 0.4) is 0 Å². The summed E-state index contributed by atoms with van der Waals surface area (Å²) in [4.78, 5) is 33.8. The fourth-order valence-corrected chi connectivity index (χ4v) is 4.88. The Morgan fingerprint density at radius 2 is 1.68 bits per heavy atom. The minimum atomic E-state index is -0.477. The number of nitrogens with zero attached hydrogens (tertiary/aromatic N) is 3. The fraction of sp³-hybridized carbons (Fsp3) is 0.375. The van der Waals surface area contributed by atoms with Crippen LogP contribution in [0.5, 0.6) is 0 Å². The van der Waals surface area contributed by atoms with E-state index in [2.05, 4.69) is 27.2 Å². The van der Waals surface area contributed by atoms with E-state index in [0.717, 1.165) is 48.8 Å². The van der Waals surface area contributed by atoms with Crippen LogP contribution in [0.2, 0.25) is 0 Å². The SMILES string of the molecule is CC(=O)C(Cc1ccccc1)NC(=O)CN1CCN(Cc2nc3ccccc3s2)CC1. The molecule has 6 nitrogen and oxygen atoms in total. The van der Waals surface area contributed by atoms with Crippen molar-refractivity contribution in [3.63, 3.8) is 0 Å². The number of benzene rings is 2. The largest absolute Gasteiger partial charge is 0.345 e. The van der Waals surface area contributed by atoms with E-state index < -0.39 is 6.04 Å². The third kappa shape index (κ3) is 5.97. The molecule has 0 saturated carbocycles. The quantitative estimate of drug-likeness (QED) is 0.588. The van der Waals surface area contributed by atoms with Crippen LogP contribution in [0.25, 0.3) is 10.2 Å². The van der Waals surface area contributed by atoms with E-state index in [9.17, 15) is 9.59 Å². The normalized spacial score (nSPS) is 16.3. The summed E-state index contributed by atoms with van der Waals surface area (Å²) in [5, 5.41) is 4.06. The Labute approximate surface area is 186 Å². The summed E-state index contributed by atoms with van der Waals surface area (Å²) in [5.41, 5.74) is 2.11. The van der Waals surface area contributed by atoms with Crippen molar-refractivity contribution in [2.75, 3.05) is 32.7 Å². The molecule has 2 aromatic carbocycles. The van der Waals surface area contributed by atoms with Crippen LogP contribution in [0.15, 0.2) is 54.6 Å². The Morgan fingerprint density at radius 3 is 2.39 bits per heavy atom. The van der Waals surface area contributed by atoms with E-state index in [1.807, 2.05) is 42.5 Å². The van der Waals surface area contributed by atoms with Crippen molar-refractivity contribution < 1.29 is 9.59 Å². The smallest absolute Gasteiger partial charge is 0.234 e. The van der Waals surface area contributed by atoms with Crippen LogP contribution in [0, 0.1) is 0 Å². The standard InChI is InChI=1S/C24H28N4O2S/c1-18(29)21(15-19-7-3-2-4-8-19)25-23(30)16-27-11-13-28(14-12-27)17-24-26-20-9-5-6-10-22(20)31-24/h2-10,21H,11-17H2,1H3,(H,25,30). The molecule has 1 aliphatic rings. The molecule has 1 aliphatic heterocycles. The number of amides is 1. The highest BCUT2D eigenvalue weighted by Gasteiger charge is 2.22. The van der Waals surface area contributed by atoms with E-state index >= 15 is 0 Å². The highest BCUT2D eigenvalue weighted by atomic mass is 32.1. The van der Waals surface area contributed by atoms with Gasteiger partial charge in [0.2, 0.25) is 5.91 Å². The van der Waals surface area contributed by atoms with E-state index in [1.165, 1.54) is 11.6 Å². The van der Waals surface area contributed by atoms with Gasteiger partial charge in [-0.3, -0.25) is 19.4 Å². The number of nitrogens with one attached hydrogen (secondary N) is 1. The number of para-hydroxylation sites is 1. The van der Waals surface area contributed by atoms with Crippen molar-refractivity contribution in [2.24, 2.45) is 0 Å². The van der Waals surface area contributed by atoms with Gasteiger partial charge < -0.3 is 5.32 Å². The summed E-state index contributed by atoms with van der Waals surface area (Å²) >= 11 is 1.75. The predicted molar refractivity (Wildman–Crippen MR) is 124 cm³/mol. The first-order valence-electron chi connectivity index (χ1n) is 10.7. The lowest BCUT2D eigenvalue weighted by Crippen LogP contribution is -2.51. The van der Waals surface area contributed by atoms with Crippen molar-refractivity contribution in [1.82, 2.24) is 20.1 Å². The average Bonchev–Trinajstić information content (AvgIpc) is 3.17. The maximum atomic E-state index is 12.6. The molecular weight excluding hydrogens is 408 g/mol. The zero-order valence-electron chi connectivity index (χ0n) is 17.8. The molecule has 0 spiro atoms. The van der Waals surface area contributed by atoms with E-state index in [0.29, 0.717) is 13.0 Å². The first kappa shape index (κ1) is 21.6. The van der Waals surface area contributed by atoms with Gasteiger partial charge in [-0.05, 0) is 31.0 Å². The van der Waals surface area contributed by atoms with Gasteiger partial charge >= 0.3 is 0 Å². The molecule has 1 N–H and O–H groups in total. The van der Waals surface area contributed by atoms with Crippen LogP contribution in [-0.4, -0.2) is 65.2 Å². The summed E-state index contributed by atoms with van der Waals surface area (Å²) in [5.74, 6) is -0.103. The molecule has 0 radical (unpaired) electrons. The number of fused-ring (bicyclic) bond motifs is 1. The molecule has 0 bridgehead atoms. The molecule has 1 saturated heterocycles. The number of piperazine rings is 1. The third-order valence-corrected chi connectivity index (χ3v) is 6.66. The Kier molecular flexibility index (Phi) is 7.06. The van der Waals surface area contributed by atoms with Crippen LogP contribution >= 0.6 is 11.3 Å². The van der Waals surface area contributed by atoms with Crippen molar-refractivity contribution in [3.05, 3.63) is 65.2 Å². The summed E-state index contributed by atoms with van der Waals surface area (Å²) in [7, 11) is 0. The van der Waals surface area contributed by atoms with E-state index in [4.69, 9.17) is 4.98 Å². The molecule has 1 amide bonds. The van der Waals surface area contributed by atoms with Gasteiger partial charge in [0.15, 0.2) is 5.78 Å². The van der Waals surface area contributed by atoms with Crippen molar-refractivity contribution in [1.29, 1.82) is 0 Å². The van der Waals surface area contributed by atoms with Gasteiger partial charge in [-0.25, -0.2) is 4.98 Å². The number of rotatable bonds is 8. The molecule has 2 heterocycles. The van der Waals surface area contributed by atoms with Gasteiger partial charge in [0.1, 0.15) is 5.01 Å². The van der Waals surface area contributed by atoms with E-state index in [-0.39, 0.29) is 11.7 Å². The number of thiazole rings is 1. The van der Waals surface area contributed by atoms with Gasteiger partial charge in [0.05, 0.1) is 29.3 Å². The number of hydrogen-bond donors (Lipinski definition) is 1. The number of carbonyl (C=O) groups is 2. The number of carbonyl (C=O) groups excluding carboxylic acids is 2. The number of Topliss-reactive ketones (excluding diaryl/α,β-unsaturated/α-hetero) is 1. The highest BCUT2D eigenvalue weighted by Crippen LogP contribution is 2.23. The lowest BCUT2D eigenvalue weighted by atomic mass is 10.0. The maximum absolute atomic E-state index is 12.6. The second-order valence-electron chi connectivity index (χ2n) is 8.05. The molecule has 7 heteroatoms. The van der Waals surface area contributed by atoms with E-state index in [1.54, 1.807) is 11.3 Å². The maximum Gasteiger partial charge on any atom is 0.234 e. The summed E-state index contributed by atoms with van der Waals surface area (Å²) in [6, 6.07) is 17.6. The summed E-state index contributed by atoms with van der Waals surface area (Å²) in [6.45, 7) is 6.20. The average molecular weight is 437 g/mol. The number of ketones is 1. The van der Waals surface area contributed by atoms with Gasteiger partial charge in [0.25, 0.3) is 0 Å². The zero-order valence-corrected chi connectivity index (χ0v) is 18.6. The van der Waals surface area contributed by atoms with Crippen LogP contribution in [0.1, 0.15) is 17.5 Å². The molecule has 1 unspecified atom stereocenters. The third-order valence-electron chi connectivity index (χ3n) is 5.64. The van der Waals surface area contributed by atoms with Crippen molar-refractivity contribution in [2.45, 2.75) is 25.9 Å². The second-order valence-corrected chi connectivity index (χ2v) is 9.16. The van der Waals surface area contributed by atoms with Gasteiger partial charge in [-0.2, -0.15) is 0 Å². The Hall–Kier alpha value is -2.61. The molecule has 31 heavy (non-hydrogen) atoms. The van der Waals surface area contributed by atoms with Crippen LogP contribution in [-0.2, 0) is 22.6 Å². The Morgan fingerprint density at radius 1 is 1.00 bits per heavy atom. The zero-order chi connectivity index (χ0) is 21.6. The number of hydrogen-bond acceptors (Lipinski definition) is 6. The Bertz CT molecular complexity index is 995. The molecule has 1 fully saturated rings. The molecule has 3 aromatic rings. The minimum Gasteiger partial charge on any atom is -0.345 e. The minimum absolute atomic E-state index is 0.0159.